The summed E-state index contributed by atoms with van der Waals surface area (Å²) in [5, 5.41) is 0. The third-order valence-corrected chi connectivity index (χ3v) is 5.80. The van der Waals surface area contributed by atoms with Crippen LogP contribution in [0, 0.1) is 6.92 Å². The number of carbonyl (C=O) groups excluding carboxylic acids is 1. The van der Waals surface area contributed by atoms with Gasteiger partial charge in [0.05, 0.1) is 25.4 Å². The van der Waals surface area contributed by atoms with E-state index in [9.17, 15) is 4.79 Å². The highest BCUT2D eigenvalue weighted by atomic mass is 16.7. The molecule has 1 amide bonds. The van der Waals surface area contributed by atoms with Crippen molar-refractivity contribution in [1.29, 1.82) is 0 Å². The number of para-hydroxylation sites is 1. The molecule has 3 aromatic rings. The average molecular weight is 415 g/mol. The Labute approximate surface area is 182 Å². The molecule has 1 spiro atoms. The number of amides is 1. The molecular formula is C26H25NO4. The second-order valence-corrected chi connectivity index (χ2v) is 7.95. The van der Waals surface area contributed by atoms with E-state index >= 15 is 0 Å². The van der Waals surface area contributed by atoms with E-state index in [1.165, 1.54) is 0 Å². The number of nitrogens with zero attached hydrogens (tertiary/aromatic N) is 1. The molecule has 0 bridgehead atoms. The molecule has 31 heavy (non-hydrogen) atoms. The first kappa shape index (κ1) is 19.8. The van der Waals surface area contributed by atoms with Crippen LogP contribution in [0.4, 0.5) is 5.69 Å². The fourth-order valence-corrected chi connectivity index (χ4v) is 4.25. The molecule has 5 nitrogen and oxygen atoms in total. The van der Waals surface area contributed by atoms with Crippen molar-refractivity contribution in [2.75, 3.05) is 18.1 Å². The van der Waals surface area contributed by atoms with Crippen LogP contribution >= 0.6 is 0 Å². The van der Waals surface area contributed by atoms with Crippen molar-refractivity contribution in [2.45, 2.75) is 32.3 Å². The Balaban J connectivity index is 1.36. The fraction of sp³-hybridized carbons (Fsp3) is 0.269. The molecule has 0 N–H and O–H groups in total. The summed E-state index contributed by atoms with van der Waals surface area (Å²) in [4.78, 5) is 15.3. The first-order valence-electron chi connectivity index (χ1n) is 10.6. The quantitative estimate of drug-likeness (QED) is 0.606. The maximum atomic E-state index is 13.5. The van der Waals surface area contributed by atoms with Gasteiger partial charge in [0.15, 0.2) is 0 Å². The van der Waals surface area contributed by atoms with Crippen LogP contribution < -0.4 is 9.64 Å². The first-order chi connectivity index (χ1) is 15.2. The number of benzene rings is 3. The Hall–Kier alpha value is -3.15. The van der Waals surface area contributed by atoms with Crippen LogP contribution in [0.3, 0.4) is 0 Å². The van der Waals surface area contributed by atoms with Crippen LogP contribution in [0.5, 0.6) is 5.75 Å². The molecule has 1 fully saturated rings. The second kappa shape index (κ2) is 8.17. The largest absolute Gasteiger partial charge is 0.489 e. The Morgan fingerprint density at radius 3 is 2.39 bits per heavy atom. The second-order valence-electron chi connectivity index (χ2n) is 7.95. The third-order valence-electron chi connectivity index (χ3n) is 5.80. The molecule has 5 rings (SSSR count). The van der Waals surface area contributed by atoms with Crippen LogP contribution in [-0.2, 0) is 33.2 Å². The van der Waals surface area contributed by atoms with Crippen molar-refractivity contribution < 1.29 is 19.0 Å². The highest BCUT2D eigenvalue weighted by Gasteiger charge is 2.55. The number of aryl methyl sites for hydroxylation is 1. The van der Waals surface area contributed by atoms with Gasteiger partial charge in [-0.3, -0.25) is 4.79 Å². The summed E-state index contributed by atoms with van der Waals surface area (Å²) in [5.41, 5.74) is 4.86. The van der Waals surface area contributed by atoms with Crippen molar-refractivity contribution in [3.05, 3.63) is 95.1 Å². The minimum Gasteiger partial charge on any atom is -0.489 e. The molecular weight excluding hydrogens is 390 g/mol. The van der Waals surface area contributed by atoms with Gasteiger partial charge >= 0.3 is 0 Å². The third kappa shape index (κ3) is 3.60. The lowest BCUT2D eigenvalue weighted by Crippen LogP contribution is -2.47. The molecule has 0 radical (unpaired) electrons. The van der Waals surface area contributed by atoms with Gasteiger partial charge in [-0.15, -0.1) is 0 Å². The monoisotopic (exact) mass is 415 g/mol. The van der Waals surface area contributed by atoms with Crippen molar-refractivity contribution >= 4 is 11.6 Å². The maximum Gasteiger partial charge on any atom is 0.292 e. The number of hydrogen-bond donors (Lipinski definition) is 0. The highest BCUT2D eigenvalue weighted by Crippen LogP contribution is 2.47. The van der Waals surface area contributed by atoms with Gasteiger partial charge in [-0.25, -0.2) is 0 Å². The maximum absolute atomic E-state index is 13.5. The van der Waals surface area contributed by atoms with E-state index in [1.807, 2.05) is 79.7 Å². The molecule has 2 aliphatic rings. The summed E-state index contributed by atoms with van der Waals surface area (Å²) in [6.07, 6.45) is 0.792. The summed E-state index contributed by atoms with van der Waals surface area (Å²) in [7, 11) is 0. The molecule has 0 aliphatic carbocycles. The predicted octanol–water partition coefficient (Wildman–Crippen LogP) is 4.71. The van der Waals surface area contributed by atoms with Gasteiger partial charge in [-0.1, -0.05) is 60.7 Å². The molecule has 158 valence electrons. The van der Waals surface area contributed by atoms with Crippen LogP contribution in [0.15, 0.2) is 72.8 Å². The first-order valence-corrected chi connectivity index (χ1v) is 10.6. The Morgan fingerprint density at radius 2 is 1.65 bits per heavy atom. The van der Waals surface area contributed by atoms with E-state index in [0.29, 0.717) is 26.4 Å². The minimum atomic E-state index is -1.31. The smallest absolute Gasteiger partial charge is 0.292 e. The molecule has 0 saturated carbocycles. The molecule has 1 saturated heterocycles. The fourth-order valence-electron chi connectivity index (χ4n) is 4.25. The summed E-state index contributed by atoms with van der Waals surface area (Å²) in [6, 6.07) is 23.9. The predicted molar refractivity (Wildman–Crippen MR) is 118 cm³/mol. The lowest BCUT2D eigenvalue weighted by molar-refractivity contribution is -0.256. The van der Waals surface area contributed by atoms with E-state index in [-0.39, 0.29) is 5.91 Å². The van der Waals surface area contributed by atoms with Gasteiger partial charge in [0.2, 0.25) is 0 Å². The van der Waals surface area contributed by atoms with Crippen LogP contribution in [0.1, 0.15) is 28.7 Å². The number of carbonyl (C=O) groups is 1. The van der Waals surface area contributed by atoms with E-state index in [2.05, 4.69) is 0 Å². The van der Waals surface area contributed by atoms with Crippen molar-refractivity contribution in [1.82, 2.24) is 0 Å². The van der Waals surface area contributed by atoms with Gasteiger partial charge in [0.25, 0.3) is 11.7 Å². The summed E-state index contributed by atoms with van der Waals surface area (Å²) >= 11 is 0. The van der Waals surface area contributed by atoms with Gasteiger partial charge < -0.3 is 19.1 Å². The number of fused-ring (bicyclic) bond motifs is 2. The van der Waals surface area contributed by atoms with E-state index in [4.69, 9.17) is 14.2 Å². The van der Waals surface area contributed by atoms with Crippen LogP contribution in [0.25, 0.3) is 0 Å². The SMILES string of the molecule is Cc1cccc2c1N(Cc1ccc(OCc3ccccc3)cc1)C(=O)C21OCCCO1. The van der Waals surface area contributed by atoms with Crippen LogP contribution in [-0.4, -0.2) is 19.1 Å². The standard InChI is InChI=1S/C26H25NO4/c1-19-7-5-10-23-24(19)27(25(28)26(23)30-15-6-16-31-26)17-20-11-13-22(14-12-20)29-18-21-8-3-2-4-9-21/h2-5,7-14H,6,15-18H2,1H3. The molecule has 5 heteroatoms. The Kier molecular flexibility index (Phi) is 5.22. The van der Waals surface area contributed by atoms with Crippen molar-refractivity contribution in [2.24, 2.45) is 0 Å². The molecule has 0 aromatic heterocycles. The number of hydrogen-bond acceptors (Lipinski definition) is 4. The summed E-state index contributed by atoms with van der Waals surface area (Å²) < 4.78 is 17.8. The lowest BCUT2D eigenvalue weighted by atomic mass is 10.0. The number of ether oxygens (including phenoxy) is 3. The van der Waals surface area contributed by atoms with E-state index in [1.54, 1.807) is 4.90 Å². The average Bonchev–Trinajstić information content (AvgIpc) is 3.03. The molecule has 2 aliphatic heterocycles. The Bertz CT molecular complexity index is 1070. The lowest BCUT2D eigenvalue weighted by Gasteiger charge is -2.32. The van der Waals surface area contributed by atoms with Gasteiger partial charge in [-0.2, -0.15) is 0 Å². The zero-order valence-corrected chi connectivity index (χ0v) is 17.5. The number of anilines is 1. The molecule has 0 unspecified atom stereocenters. The molecule has 3 aromatic carbocycles. The van der Waals surface area contributed by atoms with Crippen LogP contribution in [0.2, 0.25) is 0 Å². The summed E-state index contributed by atoms with van der Waals surface area (Å²) in [6.45, 7) is 4.01. The minimum absolute atomic E-state index is 0.152. The zero-order chi connectivity index (χ0) is 21.3. The topological polar surface area (TPSA) is 48.0 Å². The highest BCUT2D eigenvalue weighted by molar-refractivity contribution is 6.06. The molecule has 0 atom stereocenters. The molecule has 2 heterocycles. The van der Waals surface area contributed by atoms with Gasteiger partial charge in [-0.05, 0) is 42.2 Å². The van der Waals surface area contributed by atoms with Crippen molar-refractivity contribution in [3.63, 3.8) is 0 Å². The number of rotatable bonds is 5. The summed E-state index contributed by atoms with van der Waals surface area (Å²) in [5.74, 6) is -0.661. The van der Waals surface area contributed by atoms with Gasteiger partial charge in [0, 0.05) is 5.56 Å². The van der Waals surface area contributed by atoms with E-state index < -0.39 is 5.79 Å². The normalized spacial score (nSPS) is 17.1. The zero-order valence-electron chi connectivity index (χ0n) is 17.5. The van der Waals surface area contributed by atoms with Crippen molar-refractivity contribution in [3.8, 4) is 5.75 Å². The van der Waals surface area contributed by atoms with E-state index in [0.717, 1.165) is 40.1 Å². The Morgan fingerprint density at radius 1 is 0.903 bits per heavy atom. The van der Waals surface area contributed by atoms with Gasteiger partial charge in [0.1, 0.15) is 12.4 Å².